The predicted octanol–water partition coefficient (Wildman–Crippen LogP) is 4.35. The summed E-state index contributed by atoms with van der Waals surface area (Å²) in [7, 11) is 0. The van der Waals surface area contributed by atoms with Crippen LogP contribution in [0.15, 0.2) is 54.1 Å². The third-order valence-corrected chi connectivity index (χ3v) is 3.02. The van der Waals surface area contributed by atoms with Gasteiger partial charge in [-0.1, -0.05) is 36.4 Å². The molecule has 0 fully saturated rings. The molecule has 1 amide bonds. The largest absolute Gasteiger partial charge is 0.322 e. The van der Waals surface area contributed by atoms with Crippen LogP contribution >= 0.6 is 0 Å². The first-order valence-corrected chi connectivity index (χ1v) is 6.67. The van der Waals surface area contributed by atoms with Gasteiger partial charge in [-0.25, -0.2) is 0 Å². The Labute approximate surface area is 120 Å². The highest BCUT2D eigenvalue weighted by molar-refractivity contribution is 6.06. The smallest absolute Gasteiger partial charge is 0.251 e. The van der Waals surface area contributed by atoms with Gasteiger partial charge in [0, 0.05) is 11.3 Å². The summed E-state index contributed by atoms with van der Waals surface area (Å²) in [6.45, 7) is 5.87. The van der Waals surface area contributed by atoms with Crippen molar-refractivity contribution in [2.45, 2.75) is 20.8 Å². The lowest BCUT2D eigenvalue weighted by molar-refractivity contribution is -0.112. The molecule has 0 aliphatic rings. The Kier molecular flexibility index (Phi) is 4.36. The lowest BCUT2D eigenvalue weighted by atomic mass is 10.1. The van der Waals surface area contributed by atoms with Gasteiger partial charge in [0.25, 0.3) is 5.91 Å². The van der Waals surface area contributed by atoms with E-state index in [1.807, 2.05) is 69.3 Å². The third-order valence-electron chi connectivity index (χ3n) is 3.02. The number of amides is 1. The van der Waals surface area contributed by atoms with E-state index in [4.69, 9.17) is 0 Å². The van der Waals surface area contributed by atoms with Gasteiger partial charge in [-0.3, -0.25) is 4.79 Å². The van der Waals surface area contributed by atoms with E-state index in [1.165, 1.54) is 0 Å². The quantitative estimate of drug-likeness (QED) is 0.821. The van der Waals surface area contributed by atoms with Crippen molar-refractivity contribution in [1.29, 1.82) is 0 Å². The van der Waals surface area contributed by atoms with E-state index < -0.39 is 0 Å². The number of nitrogens with one attached hydrogen (secondary N) is 1. The van der Waals surface area contributed by atoms with Gasteiger partial charge in [0.1, 0.15) is 0 Å². The molecule has 0 aromatic heterocycles. The second-order valence-electron chi connectivity index (χ2n) is 5.07. The Morgan fingerprint density at radius 2 is 1.60 bits per heavy atom. The van der Waals surface area contributed by atoms with Crippen molar-refractivity contribution in [3.63, 3.8) is 0 Å². The molecule has 102 valence electrons. The van der Waals surface area contributed by atoms with E-state index in [0.717, 1.165) is 22.4 Å². The molecule has 20 heavy (non-hydrogen) atoms. The number of aryl methyl sites for hydroxylation is 2. The van der Waals surface area contributed by atoms with E-state index in [2.05, 4.69) is 11.4 Å². The van der Waals surface area contributed by atoms with E-state index >= 15 is 0 Å². The molecular weight excluding hydrogens is 246 g/mol. The standard InChI is InChI=1S/C18H19NO/c1-13-9-14(2)11-17(10-13)19-18(20)15(3)12-16-7-5-4-6-8-16/h4-12H,1-3H3,(H,19,20). The lowest BCUT2D eigenvalue weighted by Gasteiger charge is -2.08. The van der Waals surface area contributed by atoms with Crippen LogP contribution in [-0.2, 0) is 4.79 Å². The molecule has 0 radical (unpaired) electrons. The van der Waals surface area contributed by atoms with E-state index in [0.29, 0.717) is 5.57 Å². The van der Waals surface area contributed by atoms with Crippen LogP contribution < -0.4 is 5.32 Å². The molecular formula is C18H19NO. The predicted molar refractivity (Wildman–Crippen MR) is 84.6 cm³/mol. The molecule has 2 heteroatoms. The number of rotatable bonds is 3. The van der Waals surface area contributed by atoms with Crippen LogP contribution in [0.25, 0.3) is 6.08 Å². The van der Waals surface area contributed by atoms with Crippen LogP contribution in [0.2, 0.25) is 0 Å². The zero-order valence-electron chi connectivity index (χ0n) is 12.1. The highest BCUT2D eigenvalue weighted by Gasteiger charge is 2.05. The van der Waals surface area contributed by atoms with Gasteiger partial charge in [-0.2, -0.15) is 0 Å². The van der Waals surface area contributed by atoms with Crippen molar-refractivity contribution >= 4 is 17.7 Å². The molecule has 0 atom stereocenters. The van der Waals surface area contributed by atoms with Crippen molar-refractivity contribution < 1.29 is 4.79 Å². The third kappa shape index (κ3) is 3.82. The summed E-state index contributed by atoms with van der Waals surface area (Å²) in [5.74, 6) is -0.0705. The molecule has 2 nitrogen and oxygen atoms in total. The minimum atomic E-state index is -0.0705. The van der Waals surface area contributed by atoms with Crippen LogP contribution in [0.1, 0.15) is 23.6 Å². The van der Waals surface area contributed by atoms with E-state index in [-0.39, 0.29) is 5.91 Å². The first-order valence-electron chi connectivity index (χ1n) is 6.67. The zero-order valence-corrected chi connectivity index (χ0v) is 12.1. The summed E-state index contributed by atoms with van der Waals surface area (Å²) < 4.78 is 0. The molecule has 0 saturated carbocycles. The van der Waals surface area contributed by atoms with Crippen molar-refractivity contribution in [2.75, 3.05) is 5.32 Å². The first-order chi connectivity index (χ1) is 9.54. The minimum Gasteiger partial charge on any atom is -0.322 e. The number of carbonyl (C=O) groups excluding carboxylic acids is 1. The highest BCUT2D eigenvalue weighted by atomic mass is 16.1. The molecule has 0 aliphatic heterocycles. The normalized spacial score (nSPS) is 11.2. The number of hydrogen-bond donors (Lipinski definition) is 1. The van der Waals surface area contributed by atoms with Gasteiger partial charge in [-0.05, 0) is 55.7 Å². The van der Waals surface area contributed by atoms with Crippen molar-refractivity contribution in [1.82, 2.24) is 0 Å². The summed E-state index contributed by atoms with van der Waals surface area (Å²) in [6, 6.07) is 15.9. The van der Waals surface area contributed by atoms with Gasteiger partial charge in [0.15, 0.2) is 0 Å². The lowest BCUT2D eigenvalue weighted by Crippen LogP contribution is -2.12. The van der Waals surface area contributed by atoms with Crippen LogP contribution in [0.5, 0.6) is 0 Å². The van der Waals surface area contributed by atoms with E-state index in [1.54, 1.807) is 0 Å². The second-order valence-corrected chi connectivity index (χ2v) is 5.07. The van der Waals surface area contributed by atoms with Crippen LogP contribution in [0.3, 0.4) is 0 Å². The average Bonchev–Trinajstić information content (AvgIpc) is 2.38. The molecule has 0 unspecified atom stereocenters. The molecule has 0 bridgehead atoms. The summed E-state index contributed by atoms with van der Waals surface area (Å²) in [4.78, 5) is 12.2. The number of carbonyl (C=O) groups is 1. The van der Waals surface area contributed by atoms with Crippen LogP contribution in [-0.4, -0.2) is 5.91 Å². The Bertz CT molecular complexity index is 621. The van der Waals surface area contributed by atoms with Gasteiger partial charge in [0.05, 0.1) is 0 Å². The fourth-order valence-corrected chi connectivity index (χ4v) is 2.14. The number of benzene rings is 2. The van der Waals surface area contributed by atoms with Gasteiger partial charge >= 0.3 is 0 Å². The number of anilines is 1. The van der Waals surface area contributed by atoms with Crippen molar-refractivity contribution in [3.05, 3.63) is 70.8 Å². The maximum absolute atomic E-state index is 12.2. The summed E-state index contributed by atoms with van der Waals surface area (Å²) in [6.07, 6.45) is 1.89. The average molecular weight is 265 g/mol. The zero-order chi connectivity index (χ0) is 14.5. The molecule has 0 saturated heterocycles. The van der Waals surface area contributed by atoms with Gasteiger partial charge in [-0.15, -0.1) is 0 Å². The van der Waals surface area contributed by atoms with Crippen LogP contribution in [0, 0.1) is 13.8 Å². The maximum atomic E-state index is 12.2. The SMILES string of the molecule is CC(=Cc1ccccc1)C(=O)Nc1cc(C)cc(C)c1. The Morgan fingerprint density at radius 3 is 2.20 bits per heavy atom. The summed E-state index contributed by atoms with van der Waals surface area (Å²) in [5, 5.41) is 2.94. The van der Waals surface area contributed by atoms with Gasteiger partial charge < -0.3 is 5.32 Å². The van der Waals surface area contributed by atoms with Crippen molar-refractivity contribution in [2.24, 2.45) is 0 Å². The van der Waals surface area contributed by atoms with E-state index in [9.17, 15) is 4.79 Å². The topological polar surface area (TPSA) is 29.1 Å². The minimum absolute atomic E-state index is 0.0705. The monoisotopic (exact) mass is 265 g/mol. The molecule has 0 spiro atoms. The second kappa shape index (κ2) is 6.20. The highest BCUT2D eigenvalue weighted by Crippen LogP contribution is 2.15. The molecule has 0 aliphatic carbocycles. The Balaban J connectivity index is 2.13. The molecule has 2 aromatic rings. The van der Waals surface area contributed by atoms with Crippen LogP contribution in [0.4, 0.5) is 5.69 Å². The van der Waals surface area contributed by atoms with Gasteiger partial charge in [0.2, 0.25) is 0 Å². The summed E-state index contributed by atoms with van der Waals surface area (Å²) >= 11 is 0. The summed E-state index contributed by atoms with van der Waals surface area (Å²) in [5.41, 5.74) is 4.85. The molecule has 0 heterocycles. The number of hydrogen-bond acceptors (Lipinski definition) is 1. The fraction of sp³-hybridized carbons (Fsp3) is 0.167. The molecule has 2 aromatic carbocycles. The first kappa shape index (κ1) is 14.1. The Morgan fingerprint density at radius 1 is 1.00 bits per heavy atom. The fourth-order valence-electron chi connectivity index (χ4n) is 2.14. The van der Waals surface area contributed by atoms with Crippen molar-refractivity contribution in [3.8, 4) is 0 Å². The molecule has 1 N–H and O–H groups in total. The Hall–Kier alpha value is -2.35. The molecule has 2 rings (SSSR count). The maximum Gasteiger partial charge on any atom is 0.251 e.